The van der Waals surface area contributed by atoms with Gasteiger partial charge in [0.1, 0.15) is 5.75 Å². The fraction of sp³-hybridized carbons (Fsp3) is 0.316. The zero-order valence-corrected chi connectivity index (χ0v) is 14.1. The molecule has 0 bridgehead atoms. The van der Waals surface area contributed by atoms with Gasteiger partial charge in [-0.1, -0.05) is 35.9 Å². The number of halogens is 1. The molecule has 1 unspecified atom stereocenters. The molecule has 0 aliphatic heterocycles. The molecule has 2 aromatic rings. The van der Waals surface area contributed by atoms with Crippen LogP contribution in [-0.4, -0.2) is 12.5 Å². The highest BCUT2D eigenvalue weighted by Gasteiger charge is 2.23. The minimum absolute atomic E-state index is 0.0159. The standard InChI is InChI=1S/C19H20ClNO2/c1-12-9-15(20)10-13(2)19(12)23-11-18(22)21-17-8-7-14-5-3-4-6-16(14)17/h3-6,9-10,17H,7-8,11H2,1-2H3,(H,21,22). The van der Waals surface area contributed by atoms with Crippen molar-refractivity contribution in [2.45, 2.75) is 32.7 Å². The van der Waals surface area contributed by atoms with Crippen molar-refractivity contribution in [3.63, 3.8) is 0 Å². The summed E-state index contributed by atoms with van der Waals surface area (Å²) in [6.45, 7) is 3.88. The number of aryl methyl sites for hydroxylation is 3. The smallest absolute Gasteiger partial charge is 0.258 e. The lowest BCUT2D eigenvalue weighted by molar-refractivity contribution is -0.123. The molecule has 0 heterocycles. The molecule has 2 aromatic carbocycles. The topological polar surface area (TPSA) is 38.3 Å². The van der Waals surface area contributed by atoms with Crippen LogP contribution in [0.3, 0.4) is 0 Å². The fourth-order valence-corrected chi connectivity index (χ4v) is 3.53. The largest absolute Gasteiger partial charge is 0.483 e. The lowest BCUT2D eigenvalue weighted by Gasteiger charge is -2.16. The van der Waals surface area contributed by atoms with Crippen LogP contribution in [0.4, 0.5) is 0 Å². The van der Waals surface area contributed by atoms with Gasteiger partial charge in [-0.05, 0) is 61.1 Å². The Bertz CT molecular complexity index is 719. The number of rotatable bonds is 4. The maximum absolute atomic E-state index is 12.2. The normalized spacial score (nSPS) is 16.0. The summed E-state index contributed by atoms with van der Waals surface area (Å²) in [6, 6.07) is 12.0. The third-order valence-electron chi connectivity index (χ3n) is 4.24. The molecular formula is C19H20ClNO2. The molecule has 0 radical (unpaired) electrons. The molecule has 0 saturated heterocycles. The van der Waals surface area contributed by atoms with Crippen molar-refractivity contribution in [1.82, 2.24) is 5.32 Å². The first kappa shape index (κ1) is 15.9. The van der Waals surface area contributed by atoms with Crippen LogP contribution < -0.4 is 10.1 Å². The monoisotopic (exact) mass is 329 g/mol. The van der Waals surface area contributed by atoms with Gasteiger partial charge in [-0.25, -0.2) is 0 Å². The molecule has 1 amide bonds. The van der Waals surface area contributed by atoms with E-state index in [1.807, 2.05) is 38.1 Å². The second-order valence-electron chi connectivity index (χ2n) is 6.01. The molecule has 0 aromatic heterocycles. The third-order valence-corrected chi connectivity index (χ3v) is 4.46. The summed E-state index contributed by atoms with van der Waals surface area (Å²) in [5, 5.41) is 3.75. The maximum Gasteiger partial charge on any atom is 0.258 e. The SMILES string of the molecule is Cc1cc(Cl)cc(C)c1OCC(=O)NC1CCc2ccccc21. The van der Waals surface area contributed by atoms with Gasteiger partial charge < -0.3 is 10.1 Å². The second-order valence-corrected chi connectivity index (χ2v) is 6.45. The predicted molar refractivity (Wildman–Crippen MR) is 92.1 cm³/mol. The van der Waals surface area contributed by atoms with Crippen molar-refractivity contribution in [2.75, 3.05) is 6.61 Å². The van der Waals surface area contributed by atoms with Crippen molar-refractivity contribution in [1.29, 1.82) is 0 Å². The number of carbonyl (C=O) groups is 1. The Morgan fingerprint density at radius 1 is 1.26 bits per heavy atom. The Morgan fingerprint density at radius 3 is 2.70 bits per heavy atom. The number of nitrogens with one attached hydrogen (secondary N) is 1. The first-order valence-corrected chi connectivity index (χ1v) is 8.19. The molecule has 23 heavy (non-hydrogen) atoms. The van der Waals surface area contributed by atoms with Crippen LogP contribution in [-0.2, 0) is 11.2 Å². The van der Waals surface area contributed by atoms with Gasteiger partial charge in [-0.3, -0.25) is 4.79 Å². The van der Waals surface area contributed by atoms with E-state index < -0.39 is 0 Å². The van der Waals surface area contributed by atoms with Crippen LogP contribution in [0.1, 0.15) is 34.7 Å². The summed E-state index contributed by atoms with van der Waals surface area (Å²) in [4.78, 5) is 12.2. The van der Waals surface area contributed by atoms with E-state index in [0.29, 0.717) is 5.02 Å². The lowest BCUT2D eigenvalue weighted by atomic mass is 10.1. The van der Waals surface area contributed by atoms with Crippen LogP contribution in [0, 0.1) is 13.8 Å². The molecule has 0 saturated carbocycles. The number of hydrogen-bond donors (Lipinski definition) is 1. The highest BCUT2D eigenvalue weighted by molar-refractivity contribution is 6.30. The van der Waals surface area contributed by atoms with Gasteiger partial charge in [-0.2, -0.15) is 0 Å². The van der Waals surface area contributed by atoms with Crippen molar-refractivity contribution in [3.8, 4) is 5.75 Å². The van der Waals surface area contributed by atoms with E-state index in [4.69, 9.17) is 16.3 Å². The summed E-state index contributed by atoms with van der Waals surface area (Å²) in [6.07, 6.45) is 1.96. The Kier molecular flexibility index (Phi) is 4.58. The zero-order valence-electron chi connectivity index (χ0n) is 13.4. The molecule has 1 aliphatic rings. The van der Waals surface area contributed by atoms with E-state index in [-0.39, 0.29) is 18.6 Å². The highest BCUT2D eigenvalue weighted by Crippen LogP contribution is 2.31. The fourth-order valence-electron chi connectivity index (χ4n) is 3.21. The van der Waals surface area contributed by atoms with Crippen LogP contribution in [0.15, 0.2) is 36.4 Å². The van der Waals surface area contributed by atoms with Crippen LogP contribution in [0.25, 0.3) is 0 Å². The molecule has 1 N–H and O–H groups in total. The van der Waals surface area contributed by atoms with E-state index >= 15 is 0 Å². The molecule has 0 fully saturated rings. The van der Waals surface area contributed by atoms with Crippen molar-refractivity contribution in [3.05, 3.63) is 63.7 Å². The Labute approximate surface area is 141 Å². The zero-order chi connectivity index (χ0) is 16.4. The Balaban J connectivity index is 1.61. The van der Waals surface area contributed by atoms with Gasteiger partial charge in [0, 0.05) is 5.02 Å². The first-order chi connectivity index (χ1) is 11.0. The third kappa shape index (κ3) is 3.50. The number of fused-ring (bicyclic) bond motifs is 1. The maximum atomic E-state index is 12.2. The Morgan fingerprint density at radius 2 is 1.96 bits per heavy atom. The number of hydrogen-bond acceptors (Lipinski definition) is 2. The van der Waals surface area contributed by atoms with Crippen molar-refractivity contribution in [2.24, 2.45) is 0 Å². The molecule has 1 aliphatic carbocycles. The molecule has 4 heteroatoms. The minimum atomic E-state index is -0.0968. The van der Waals surface area contributed by atoms with E-state index in [1.54, 1.807) is 0 Å². The summed E-state index contributed by atoms with van der Waals surface area (Å²) >= 11 is 6.01. The average Bonchev–Trinajstić information content (AvgIpc) is 2.89. The van der Waals surface area contributed by atoms with Crippen LogP contribution in [0.2, 0.25) is 5.02 Å². The van der Waals surface area contributed by atoms with Gasteiger partial charge in [0.15, 0.2) is 6.61 Å². The predicted octanol–water partition coefficient (Wildman–Crippen LogP) is 4.14. The van der Waals surface area contributed by atoms with E-state index in [2.05, 4.69) is 17.4 Å². The summed E-state index contributed by atoms with van der Waals surface area (Å²) in [5.74, 6) is 0.636. The van der Waals surface area contributed by atoms with E-state index in [9.17, 15) is 4.79 Å². The number of ether oxygens (including phenoxy) is 1. The van der Waals surface area contributed by atoms with Gasteiger partial charge in [0.05, 0.1) is 6.04 Å². The number of carbonyl (C=O) groups excluding carboxylic acids is 1. The quantitative estimate of drug-likeness (QED) is 0.915. The van der Waals surface area contributed by atoms with Gasteiger partial charge >= 0.3 is 0 Å². The summed E-state index contributed by atoms with van der Waals surface area (Å²) in [5.41, 5.74) is 4.42. The molecule has 120 valence electrons. The molecule has 3 nitrogen and oxygen atoms in total. The van der Waals surface area contributed by atoms with Gasteiger partial charge in [-0.15, -0.1) is 0 Å². The first-order valence-electron chi connectivity index (χ1n) is 7.81. The summed E-state index contributed by atoms with van der Waals surface area (Å²) in [7, 11) is 0. The second kappa shape index (κ2) is 6.63. The van der Waals surface area contributed by atoms with Crippen LogP contribution in [0.5, 0.6) is 5.75 Å². The Hall–Kier alpha value is -2.00. The molecular weight excluding hydrogens is 310 g/mol. The van der Waals surface area contributed by atoms with Gasteiger partial charge in [0.2, 0.25) is 0 Å². The van der Waals surface area contributed by atoms with Crippen molar-refractivity contribution >= 4 is 17.5 Å². The average molecular weight is 330 g/mol. The summed E-state index contributed by atoms with van der Waals surface area (Å²) < 4.78 is 5.71. The molecule has 3 rings (SSSR count). The van der Waals surface area contributed by atoms with E-state index in [1.165, 1.54) is 11.1 Å². The highest BCUT2D eigenvalue weighted by atomic mass is 35.5. The molecule has 0 spiro atoms. The van der Waals surface area contributed by atoms with E-state index in [0.717, 1.165) is 29.7 Å². The van der Waals surface area contributed by atoms with Gasteiger partial charge in [0.25, 0.3) is 5.91 Å². The van der Waals surface area contributed by atoms with Crippen molar-refractivity contribution < 1.29 is 9.53 Å². The number of benzene rings is 2. The minimum Gasteiger partial charge on any atom is -0.483 e. The number of amides is 1. The molecule has 1 atom stereocenters. The lowest BCUT2D eigenvalue weighted by Crippen LogP contribution is -2.31. The van der Waals surface area contributed by atoms with Crippen LogP contribution >= 0.6 is 11.6 Å².